The maximum Gasteiger partial charge on any atom is 0.331 e. The van der Waals surface area contributed by atoms with Crippen molar-refractivity contribution in [2.75, 3.05) is 0 Å². The first kappa shape index (κ1) is 19.0. The number of nitro groups is 1. The molecular weight excluding hydrogens is 343 g/mol. The number of esters is 1. The van der Waals surface area contributed by atoms with Crippen molar-refractivity contribution in [3.63, 3.8) is 0 Å². The highest BCUT2D eigenvalue weighted by Gasteiger charge is 2.15. The Bertz CT molecular complexity index is 859. The van der Waals surface area contributed by atoms with Crippen molar-refractivity contribution < 1.29 is 23.6 Å². The number of halogens is 1. The second kappa shape index (κ2) is 7.73. The summed E-state index contributed by atoms with van der Waals surface area (Å²) in [5, 5.41) is 10.7. The summed E-state index contributed by atoms with van der Waals surface area (Å²) in [7, 11) is 0. The molecule has 0 aliphatic carbocycles. The molecule has 0 radical (unpaired) electrons. The molecule has 0 unspecified atom stereocenters. The van der Waals surface area contributed by atoms with E-state index in [0.29, 0.717) is 5.56 Å². The van der Waals surface area contributed by atoms with Gasteiger partial charge in [-0.2, -0.15) is 0 Å². The van der Waals surface area contributed by atoms with Crippen molar-refractivity contribution >= 4 is 17.7 Å². The Morgan fingerprint density at radius 1 is 1.27 bits per heavy atom. The smallest absolute Gasteiger partial charge is 0.331 e. The predicted octanol–water partition coefficient (Wildman–Crippen LogP) is 4.28. The van der Waals surface area contributed by atoms with Crippen molar-refractivity contribution in [2.24, 2.45) is 0 Å². The van der Waals surface area contributed by atoms with Crippen LogP contribution in [0.4, 0.5) is 10.1 Å². The van der Waals surface area contributed by atoms with Crippen LogP contribution in [0.5, 0.6) is 11.5 Å². The van der Waals surface area contributed by atoms with Crippen molar-refractivity contribution in [1.82, 2.24) is 4.98 Å². The number of nitro benzene ring substituents is 1. The fourth-order valence-electron chi connectivity index (χ4n) is 1.91. The normalized spacial score (nSPS) is 11.4. The van der Waals surface area contributed by atoms with E-state index in [4.69, 9.17) is 9.47 Å². The van der Waals surface area contributed by atoms with E-state index in [2.05, 4.69) is 4.98 Å². The van der Waals surface area contributed by atoms with Crippen LogP contribution >= 0.6 is 0 Å². The molecule has 0 atom stereocenters. The summed E-state index contributed by atoms with van der Waals surface area (Å²) < 4.78 is 24.6. The van der Waals surface area contributed by atoms with Gasteiger partial charge < -0.3 is 9.47 Å². The minimum absolute atomic E-state index is 0.186. The highest BCUT2D eigenvalue weighted by Crippen LogP contribution is 2.29. The third kappa shape index (κ3) is 5.37. The monoisotopic (exact) mass is 360 g/mol. The molecule has 2 rings (SSSR count). The third-order valence-electron chi connectivity index (χ3n) is 2.96. The van der Waals surface area contributed by atoms with Crippen LogP contribution in [0.3, 0.4) is 0 Å². The summed E-state index contributed by atoms with van der Waals surface area (Å²) in [6.45, 7) is 5.23. The van der Waals surface area contributed by atoms with Crippen molar-refractivity contribution in [2.45, 2.75) is 26.4 Å². The SMILES string of the molecule is CC(C)(C)OC(=O)C=Cc1cnccc1Oc1ccc([N+](=O)[O-])cc1F. The lowest BCUT2D eigenvalue weighted by molar-refractivity contribution is -0.385. The standard InChI is InChI=1S/C18H17FN2O5/c1-18(2,3)26-17(22)7-4-12-11-20-9-8-15(12)25-16-6-5-13(21(23)24)10-14(16)19/h4-11H,1-3H3. The van der Waals surface area contributed by atoms with Crippen LogP contribution in [0.25, 0.3) is 6.08 Å². The first-order valence-corrected chi connectivity index (χ1v) is 7.62. The topological polar surface area (TPSA) is 91.6 Å². The molecule has 0 amide bonds. The van der Waals surface area contributed by atoms with Gasteiger partial charge in [0.05, 0.1) is 11.0 Å². The van der Waals surface area contributed by atoms with E-state index in [0.717, 1.165) is 18.2 Å². The summed E-state index contributed by atoms with van der Waals surface area (Å²) in [5.41, 5.74) is -0.594. The molecule has 0 aliphatic heterocycles. The quantitative estimate of drug-likeness (QED) is 0.342. The van der Waals surface area contributed by atoms with Gasteiger partial charge in [-0.1, -0.05) is 0 Å². The first-order chi connectivity index (χ1) is 12.2. The number of hydrogen-bond acceptors (Lipinski definition) is 6. The molecule has 0 saturated heterocycles. The van der Waals surface area contributed by atoms with Crippen molar-refractivity contribution in [3.8, 4) is 11.5 Å². The third-order valence-corrected chi connectivity index (χ3v) is 2.96. The Kier molecular flexibility index (Phi) is 5.66. The molecule has 1 aromatic carbocycles. The fraction of sp³-hybridized carbons (Fsp3) is 0.222. The highest BCUT2D eigenvalue weighted by atomic mass is 19.1. The van der Waals surface area contributed by atoms with Gasteiger partial charge in [-0.3, -0.25) is 15.1 Å². The summed E-state index contributed by atoms with van der Waals surface area (Å²) in [5.74, 6) is -1.38. The van der Waals surface area contributed by atoms with Gasteiger partial charge in [0.25, 0.3) is 5.69 Å². The van der Waals surface area contributed by atoms with Crippen molar-refractivity contribution in [1.29, 1.82) is 0 Å². The lowest BCUT2D eigenvalue weighted by atomic mass is 10.2. The molecule has 0 spiro atoms. The van der Waals surface area contributed by atoms with Gasteiger partial charge in [-0.15, -0.1) is 0 Å². The lowest BCUT2D eigenvalue weighted by Crippen LogP contribution is -2.22. The van der Waals surface area contributed by atoms with E-state index in [1.165, 1.54) is 30.6 Å². The zero-order valence-electron chi connectivity index (χ0n) is 14.4. The summed E-state index contributed by atoms with van der Waals surface area (Å²) >= 11 is 0. The Balaban J connectivity index is 2.22. The van der Waals surface area contributed by atoms with Crippen LogP contribution in [0.2, 0.25) is 0 Å². The molecule has 8 heteroatoms. The molecule has 1 heterocycles. The number of hydrogen-bond donors (Lipinski definition) is 0. The molecule has 0 bridgehead atoms. The molecule has 7 nitrogen and oxygen atoms in total. The van der Waals surface area contributed by atoms with Crippen LogP contribution < -0.4 is 4.74 Å². The Hall–Kier alpha value is -3.29. The number of ether oxygens (including phenoxy) is 2. The van der Waals surface area contributed by atoms with Gasteiger partial charge in [-0.05, 0) is 39.0 Å². The second-order valence-corrected chi connectivity index (χ2v) is 6.25. The van der Waals surface area contributed by atoms with Gasteiger partial charge in [-0.25, -0.2) is 9.18 Å². The number of benzene rings is 1. The Labute approximate surface area is 149 Å². The molecule has 0 aliphatic rings. The fourth-order valence-corrected chi connectivity index (χ4v) is 1.91. The minimum atomic E-state index is -0.877. The maximum atomic E-state index is 14.0. The molecule has 0 fully saturated rings. The summed E-state index contributed by atoms with van der Waals surface area (Å²) in [6, 6.07) is 4.55. The van der Waals surface area contributed by atoms with Crippen LogP contribution in [-0.4, -0.2) is 21.5 Å². The largest absolute Gasteiger partial charge is 0.457 e. The van der Waals surface area contributed by atoms with E-state index in [9.17, 15) is 19.3 Å². The van der Waals surface area contributed by atoms with E-state index < -0.39 is 22.3 Å². The molecule has 0 N–H and O–H groups in total. The van der Waals surface area contributed by atoms with Gasteiger partial charge in [0.15, 0.2) is 11.6 Å². The van der Waals surface area contributed by atoms with E-state index in [-0.39, 0.29) is 17.2 Å². The van der Waals surface area contributed by atoms with Crippen LogP contribution in [0, 0.1) is 15.9 Å². The zero-order chi connectivity index (χ0) is 19.3. The average molecular weight is 360 g/mol. The van der Waals surface area contributed by atoms with Gasteiger partial charge in [0.1, 0.15) is 11.4 Å². The van der Waals surface area contributed by atoms with E-state index in [1.807, 2.05) is 0 Å². The van der Waals surface area contributed by atoms with Gasteiger partial charge >= 0.3 is 5.97 Å². The van der Waals surface area contributed by atoms with Crippen LogP contribution in [0.1, 0.15) is 26.3 Å². The number of aromatic nitrogens is 1. The van der Waals surface area contributed by atoms with Gasteiger partial charge in [0, 0.05) is 30.1 Å². The molecular formula is C18H17FN2O5. The van der Waals surface area contributed by atoms with Crippen LogP contribution in [-0.2, 0) is 9.53 Å². The van der Waals surface area contributed by atoms with Gasteiger partial charge in [0.2, 0.25) is 0 Å². The van der Waals surface area contributed by atoms with Crippen molar-refractivity contribution in [3.05, 3.63) is 64.2 Å². The average Bonchev–Trinajstić information content (AvgIpc) is 2.54. The number of non-ortho nitro benzene ring substituents is 1. The van der Waals surface area contributed by atoms with Crippen LogP contribution in [0.15, 0.2) is 42.7 Å². The van der Waals surface area contributed by atoms with E-state index >= 15 is 0 Å². The maximum absolute atomic E-state index is 14.0. The number of carbonyl (C=O) groups excluding carboxylic acids is 1. The number of pyridine rings is 1. The summed E-state index contributed by atoms with van der Waals surface area (Å²) in [6.07, 6.45) is 5.50. The number of rotatable bonds is 5. The number of carbonyl (C=O) groups is 1. The Morgan fingerprint density at radius 3 is 2.62 bits per heavy atom. The highest BCUT2D eigenvalue weighted by molar-refractivity contribution is 5.87. The lowest BCUT2D eigenvalue weighted by Gasteiger charge is -2.17. The number of nitrogens with zero attached hydrogens (tertiary/aromatic N) is 2. The molecule has 1 aromatic heterocycles. The van der Waals surface area contributed by atoms with E-state index in [1.54, 1.807) is 20.8 Å². The first-order valence-electron chi connectivity index (χ1n) is 7.62. The Morgan fingerprint density at radius 2 is 2.00 bits per heavy atom. The predicted molar refractivity (Wildman–Crippen MR) is 92.2 cm³/mol. The molecule has 2 aromatic rings. The second-order valence-electron chi connectivity index (χ2n) is 6.25. The summed E-state index contributed by atoms with van der Waals surface area (Å²) in [4.78, 5) is 25.7. The molecule has 26 heavy (non-hydrogen) atoms. The minimum Gasteiger partial charge on any atom is -0.457 e. The molecule has 136 valence electrons. The molecule has 0 saturated carbocycles. The zero-order valence-corrected chi connectivity index (χ0v) is 14.4.